The summed E-state index contributed by atoms with van der Waals surface area (Å²) >= 11 is 3.12. The molecule has 0 fully saturated rings. The highest BCUT2D eigenvalue weighted by molar-refractivity contribution is 9.10. The molecule has 1 heterocycles. The molecule has 0 bridgehead atoms. The van der Waals surface area contributed by atoms with Crippen LogP contribution in [0.3, 0.4) is 0 Å². The minimum absolute atomic E-state index is 0.327. The van der Waals surface area contributed by atoms with Crippen LogP contribution in [0, 0.1) is 5.82 Å². The quantitative estimate of drug-likeness (QED) is 0.828. The second kappa shape index (κ2) is 6.79. The maximum Gasteiger partial charge on any atom is 0.181 e. The van der Waals surface area contributed by atoms with Crippen molar-refractivity contribution in [3.63, 3.8) is 0 Å². The standard InChI is InChI=1S/C13H14BrFN2O2/c1-18-5-4-16-7-12-13(19-8-17-12)9-2-3-10(14)11(15)6-9/h2-3,6,8,16H,4-5,7H2,1H3. The van der Waals surface area contributed by atoms with E-state index in [0.29, 0.717) is 28.9 Å². The van der Waals surface area contributed by atoms with Crippen LogP contribution in [0.4, 0.5) is 4.39 Å². The Morgan fingerprint density at radius 1 is 1.47 bits per heavy atom. The van der Waals surface area contributed by atoms with Gasteiger partial charge in [-0.1, -0.05) is 0 Å². The van der Waals surface area contributed by atoms with Crippen molar-refractivity contribution in [2.45, 2.75) is 6.54 Å². The summed E-state index contributed by atoms with van der Waals surface area (Å²) in [5, 5.41) is 3.17. The van der Waals surface area contributed by atoms with Gasteiger partial charge in [-0.05, 0) is 34.1 Å². The minimum atomic E-state index is -0.327. The first-order valence-corrected chi connectivity index (χ1v) is 6.59. The third-order valence-corrected chi connectivity index (χ3v) is 3.24. The lowest BCUT2D eigenvalue weighted by molar-refractivity contribution is 0.199. The molecule has 2 rings (SSSR count). The van der Waals surface area contributed by atoms with Crippen molar-refractivity contribution < 1.29 is 13.5 Å². The van der Waals surface area contributed by atoms with Crippen LogP contribution >= 0.6 is 15.9 Å². The molecule has 102 valence electrons. The summed E-state index contributed by atoms with van der Waals surface area (Å²) in [6.07, 6.45) is 1.36. The van der Waals surface area contributed by atoms with Crippen molar-refractivity contribution in [1.82, 2.24) is 10.3 Å². The number of ether oxygens (including phenoxy) is 1. The smallest absolute Gasteiger partial charge is 0.181 e. The summed E-state index contributed by atoms with van der Waals surface area (Å²) in [4.78, 5) is 4.14. The number of oxazole rings is 1. The third kappa shape index (κ3) is 3.62. The van der Waals surface area contributed by atoms with E-state index in [1.54, 1.807) is 19.2 Å². The molecule has 0 radical (unpaired) electrons. The summed E-state index contributed by atoms with van der Waals surface area (Å²) < 4.78 is 24.2. The fourth-order valence-corrected chi connectivity index (χ4v) is 1.89. The van der Waals surface area contributed by atoms with Crippen LogP contribution in [0.5, 0.6) is 0 Å². The zero-order chi connectivity index (χ0) is 13.7. The fourth-order valence-electron chi connectivity index (χ4n) is 1.65. The molecule has 1 N–H and O–H groups in total. The van der Waals surface area contributed by atoms with Gasteiger partial charge in [-0.3, -0.25) is 0 Å². The maximum absolute atomic E-state index is 13.5. The molecule has 19 heavy (non-hydrogen) atoms. The van der Waals surface area contributed by atoms with E-state index in [0.717, 1.165) is 12.2 Å². The number of benzene rings is 1. The first kappa shape index (κ1) is 14.2. The summed E-state index contributed by atoms with van der Waals surface area (Å²) in [6.45, 7) is 1.89. The highest BCUT2D eigenvalue weighted by atomic mass is 79.9. The summed E-state index contributed by atoms with van der Waals surface area (Å²) in [6, 6.07) is 4.85. The fraction of sp³-hybridized carbons (Fsp3) is 0.308. The van der Waals surface area contributed by atoms with Crippen LogP contribution in [0.25, 0.3) is 11.3 Å². The zero-order valence-electron chi connectivity index (χ0n) is 10.5. The minimum Gasteiger partial charge on any atom is -0.443 e. The number of nitrogens with zero attached hydrogens (tertiary/aromatic N) is 1. The molecule has 1 aromatic heterocycles. The van der Waals surface area contributed by atoms with Crippen molar-refractivity contribution in [3.05, 3.63) is 40.6 Å². The lowest BCUT2D eigenvalue weighted by Crippen LogP contribution is -2.19. The second-order valence-electron chi connectivity index (χ2n) is 3.93. The lowest BCUT2D eigenvalue weighted by Gasteiger charge is -2.04. The molecule has 4 nitrogen and oxygen atoms in total. The number of hydrogen-bond donors (Lipinski definition) is 1. The Balaban J connectivity index is 2.12. The lowest BCUT2D eigenvalue weighted by atomic mass is 10.1. The van der Waals surface area contributed by atoms with Gasteiger partial charge in [0, 0.05) is 25.8 Å². The average Bonchev–Trinajstić information content (AvgIpc) is 2.86. The van der Waals surface area contributed by atoms with Crippen LogP contribution in [-0.4, -0.2) is 25.2 Å². The molecule has 0 aliphatic carbocycles. The topological polar surface area (TPSA) is 47.3 Å². The van der Waals surface area contributed by atoms with Crippen molar-refractivity contribution >= 4 is 15.9 Å². The van der Waals surface area contributed by atoms with Gasteiger partial charge in [-0.2, -0.15) is 0 Å². The van der Waals surface area contributed by atoms with Gasteiger partial charge in [-0.25, -0.2) is 9.37 Å². The monoisotopic (exact) mass is 328 g/mol. The first-order chi connectivity index (χ1) is 9.22. The number of nitrogens with one attached hydrogen (secondary N) is 1. The van der Waals surface area contributed by atoms with E-state index in [1.165, 1.54) is 12.5 Å². The highest BCUT2D eigenvalue weighted by Gasteiger charge is 2.12. The molecule has 0 spiro atoms. The Kier molecular flexibility index (Phi) is 5.07. The summed E-state index contributed by atoms with van der Waals surface area (Å²) in [5.74, 6) is 0.253. The second-order valence-corrected chi connectivity index (χ2v) is 4.78. The summed E-state index contributed by atoms with van der Waals surface area (Å²) in [7, 11) is 1.65. The van der Waals surface area contributed by atoms with Crippen molar-refractivity contribution in [2.24, 2.45) is 0 Å². The number of aromatic nitrogens is 1. The number of halogens is 2. The Morgan fingerprint density at radius 3 is 3.05 bits per heavy atom. The van der Waals surface area contributed by atoms with Crippen molar-refractivity contribution in [1.29, 1.82) is 0 Å². The van der Waals surface area contributed by atoms with Crippen molar-refractivity contribution in [3.8, 4) is 11.3 Å². The van der Waals surface area contributed by atoms with Crippen LogP contribution in [-0.2, 0) is 11.3 Å². The van der Waals surface area contributed by atoms with Gasteiger partial charge in [0.05, 0.1) is 11.1 Å². The average molecular weight is 329 g/mol. The molecular formula is C13H14BrFN2O2. The molecular weight excluding hydrogens is 315 g/mol. The summed E-state index contributed by atoms with van der Waals surface area (Å²) in [5.41, 5.74) is 1.42. The number of hydrogen-bond acceptors (Lipinski definition) is 4. The molecule has 6 heteroatoms. The Morgan fingerprint density at radius 2 is 2.32 bits per heavy atom. The maximum atomic E-state index is 13.5. The van der Waals surface area contributed by atoms with Crippen LogP contribution in [0.15, 0.2) is 33.5 Å². The van der Waals surface area contributed by atoms with Gasteiger partial charge < -0.3 is 14.5 Å². The van der Waals surface area contributed by atoms with Gasteiger partial charge in [0.1, 0.15) is 11.5 Å². The van der Waals surface area contributed by atoms with Gasteiger partial charge in [-0.15, -0.1) is 0 Å². The van der Waals surface area contributed by atoms with E-state index in [4.69, 9.17) is 9.15 Å². The van der Waals surface area contributed by atoms with E-state index in [2.05, 4.69) is 26.2 Å². The first-order valence-electron chi connectivity index (χ1n) is 5.80. The SMILES string of the molecule is COCCNCc1ncoc1-c1ccc(Br)c(F)c1. The van der Waals surface area contributed by atoms with E-state index >= 15 is 0 Å². The Bertz CT molecular complexity index is 545. The molecule has 0 unspecified atom stereocenters. The molecule has 0 aliphatic heterocycles. The number of rotatable bonds is 6. The van der Waals surface area contributed by atoms with E-state index < -0.39 is 0 Å². The van der Waals surface area contributed by atoms with Gasteiger partial charge in [0.2, 0.25) is 0 Å². The van der Waals surface area contributed by atoms with Gasteiger partial charge in [0.25, 0.3) is 0 Å². The molecule has 0 aliphatic rings. The van der Waals surface area contributed by atoms with Crippen LogP contribution in [0.2, 0.25) is 0 Å². The molecule has 0 amide bonds. The Hall–Kier alpha value is -1.24. The zero-order valence-corrected chi connectivity index (χ0v) is 12.0. The predicted octanol–water partition coefficient (Wildman–Crippen LogP) is 2.98. The molecule has 0 atom stereocenters. The van der Waals surface area contributed by atoms with Crippen LogP contribution < -0.4 is 5.32 Å². The van der Waals surface area contributed by atoms with Crippen LogP contribution in [0.1, 0.15) is 5.69 Å². The normalized spacial score (nSPS) is 10.9. The van der Waals surface area contributed by atoms with E-state index in [-0.39, 0.29) is 5.82 Å². The van der Waals surface area contributed by atoms with E-state index in [1.807, 2.05) is 0 Å². The molecule has 0 saturated heterocycles. The largest absolute Gasteiger partial charge is 0.443 e. The molecule has 0 saturated carbocycles. The third-order valence-electron chi connectivity index (χ3n) is 2.60. The highest BCUT2D eigenvalue weighted by Crippen LogP contribution is 2.26. The van der Waals surface area contributed by atoms with Gasteiger partial charge >= 0.3 is 0 Å². The molecule has 1 aromatic carbocycles. The van der Waals surface area contributed by atoms with Crippen molar-refractivity contribution in [2.75, 3.05) is 20.3 Å². The molecule has 2 aromatic rings. The van der Waals surface area contributed by atoms with Gasteiger partial charge in [0.15, 0.2) is 12.2 Å². The van der Waals surface area contributed by atoms with E-state index in [9.17, 15) is 4.39 Å². The number of methoxy groups -OCH3 is 1. The Labute approximate surface area is 119 Å². The predicted molar refractivity (Wildman–Crippen MR) is 73.2 cm³/mol.